The van der Waals surface area contributed by atoms with Crippen molar-refractivity contribution in [2.75, 3.05) is 17.7 Å². The highest BCUT2D eigenvalue weighted by atomic mass is 32.1. The summed E-state index contributed by atoms with van der Waals surface area (Å²) >= 11 is 6.97. The normalized spacial score (nSPS) is 10.7. The van der Waals surface area contributed by atoms with Crippen LogP contribution in [0.4, 0.5) is 10.7 Å². The van der Waals surface area contributed by atoms with Crippen molar-refractivity contribution in [3.05, 3.63) is 63.3 Å². The van der Waals surface area contributed by atoms with Crippen molar-refractivity contribution in [3.8, 4) is 0 Å². The highest BCUT2D eigenvalue weighted by Crippen LogP contribution is 2.34. The molecule has 0 fully saturated rings. The monoisotopic (exact) mass is 442 g/mol. The fraction of sp³-hybridized carbons (Fsp3) is 0.318. The number of esters is 1. The van der Waals surface area contributed by atoms with E-state index in [2.05, 4.69) is 28.7 Å². The van der Waals surface area contributed by atoms with Crippen LogP contribution in [0.1, 0.15) is 44.7 Å². The largest absolute Gasteiger partial charge is 0.465 e. The smallest absolute Gasteiger partial charge is 0.341 e. The summed E-state index contributed by atoms with van der Waals surface area (Å²) in [6.07, 6.45) is 0.755. The first kappa shape index (κ1) is 22.0. The van der Waals surface area contributed by atoms with Gasteiger partial charge in [-0.1, -0.05) is 19.1 Å². The summed E-state index contributed by atoms with van der Waals surface area (Å²) < 4.78 is 6.95. The molecule has 0 saturated heterocycles. The number of carbonyl (C=O) groups is 1. The summed E-state index contributed by atoms with van der Waals surface area (Å²) in [5.41, 5.74) is 5.73. The number of methoxy groups -OCH3 is 1. The molecule has 0 saturated carbocycles. The summed E-state index contributed by atoms with van der Waals surface area (Å²) in [6.45, 7) is 8.79. The molecule has 0 spiro atoms. The molecule has 0 unspecified atom stereocenters. The van der Waals surface area contributed by atoms with Crippen molar-refractivity contribution in [2.45, 2.75) is 40.7 Å². The van der Waals surface area contributed by atoms with Gasteiger partial charge in [-0.2, -0.15) is 5.10 Å². The summed E-state index contributed by atoms with van der Waals surface area (Å²) in [4.78, 5) is 13.3. The summed E-state index contributed by atoms with van der Waals surface area (Å²) in [5, 5.41) is 12.0. The minimum atomic E-state index is -0.352. The summed E-state index contributed by atoms with van der Waals surface area (Å²) in [7, 11) is 1.39. The highest BCUT2D eigenvalue weighted by molar-refractivity contribution is 7.80. The molecular weight excluding hydrogens is 416 g/mol. The van der Waals surface area contributed by atoms with Crippen molar-refractivity contribution in [2.24, 2.45) is 0 Å². The molecule has 2 heterocycles. The van der Waals surface area contributed by atoms with Crippen LogP contribution in [-0.2, 0) is 17.7 Å². The van der Waals surface area contributed by atoms with Gasteiger partial charge in [0.05, 0.1) is 24.9 Å². The number of anilines is 2. The highest BCUT2D eigenvalue weighted by Gasteiger charge is 2.22. The van der Waals surface area contributed by atoms with Gasteiger partial charge in [0.2, 0.25) is 0 Å². The van der Waals surface area contributed by atoms with Gasteiger partial charge in [-0.15, -0.1) is 11.3 Å². The topological polar surface area (TPSA) is 68.2 Å². The minimum absolute atomic E-state index is 0.352. The first-order valence-electron chi connectivity index (χ1n) is 9.71. The SMILES string of the molecule is CCc1c(C)sc(NC(=S)Nc2ccc(Cn3nc(C)cc3C)cc2)c1C(=O)OC. The van der Waals surface area contributed by atoms with Gasteiger partial charge < -0.3 is 15.4 Å². The lowest BCUT2D eigenvalue weighted by Gasteiger charge is -2.12. The average Bonchev–Trinajstić information content (AvgIpc) is 3.19. The molecule has 8 heteroatoms. The van der Waals surface area contributed by atoms with Gasteiger partial charge in [-0.3, -0.25) is 4.68 Å². The standard InChI is InChI=1S/C22H26N4O2S2/c1-6-18-15(4)30-20(19(18)21(27)28-5)24-22(29)23-17-9-7-16(8-10-17)12-26-14(3)11-13(2)25-26/h7-11H,6,12H2,1-5H3,(H2,23,24,29). The molecule has 1 aromatic carbocycles. The molecule has 6 nitrogen and oxygen atoms in total. The number of thiophene rings is 1. The number of nitrogens with zero attached hydrogens (tertiary/aromatic N) is 2. The Balaban J connectivity index is 1.68. The zero-order valence-corrected chi connectivity index (χ0v) is 19.5. The molecule has 2 aromatic heterocycles. The molecule has 158 valence electrons. The Kier molecular flexibility index (Phi) is 6.89. The number of benzene rings is 1. The number of aryl methyl sites for hydroxylation is 3. The first-order valence-corrected chi connectivity index (χ1v) is 10.9. The molecule has 0 aliphatic heterocycles. The van der Waals surface area contributed by atoms with Crippen LogP contribution in [0.15, 0.2) is 30.3 Å². The van der Waals surface area contributed by atoms with E-state index >= 15 is 0 Å². The van der Waals surface area contributed by atoms with E-state index in [1.165, 1.54) is 18.4 Å². The molecule has 0 amide bonds. The van der Waals surface area contributed by atoms with E-state index in [-0.39, 0.29) is 5.97 Å². The third-order valence-corrected chi connectivity index (χ3v) is 6.09. The number of hydrogen-bond acceptors (Lipinski definition) is 5. The Morgan fingerprint density at radius 3 is 2.47 bits per heavy atom. The van der Waals surface area contributed by atoms with Crippen molar-refractivity contribution in [1.82, 2.24) is 9.78 Å². The molecule has 0 aliphatic carbocycles. The Labute approximate surface area is 186 Å². The summed E-state index contributed by atoms with van der Waals surface area (Å²) in [5.74, 6) is -0.352. The Bertz CT molecular complexity index is 1070. The van der Waals surface area contributed by atoms with Crippen LogP contribution in [-0.4, -0.2) is 28.0 Å². The van der Waals surface area contributed by atoms with Crippen LogP contribution in [0, 0.1) is 20.8 Å². The van der Waals surface area contributed by atoms with Crippen LogP contribution in [0.5, 0.6) is 0 Å². The van der Waals surface area contributed by atoms with E-state index in [9.17, 15) is 4.79 Å². The van der Waals surface area contributed by atoms with Crippen LogP contribution >= 0.6 is 23.6 Å². The lowest BCUT2D eigenvalue weighted by molar-refractivity contribution is 0.0601. The van der Waals surface area contributed by atoms with E-state index in [0.29, 0.717) is 15.7 Å². The third kappa shape index (κ3) is 4.88. The van der Waals surface area contributed by atoms with Gasteiger partial charge >= 0.3 is 5.97 Å². The Morgan fingerprint density at radius 1 is 1.20 bits per heavy atom. The second kappa shape index (κ2) is 9.40. The van der Waals surface area contributed by atoms with Crippen LogP contribution in [0.2, 0.25) is 0 Å². The molecule has 0 bridgehead atoms. The van der Waals surface area contributed by atoms with Gasteiger partial charge in [-0.05, 0) is 68.7 Å². The van der Waals surface area contributed by atoms with Crippen LogP contribution < -0.4 is 10.6 Å². The maximum absolute atomic E-state index is 12.3. The number of rotatable bonds is 6. The molecule has 3 rings (SSSR count). The van der Waals surface area contributed by atoms with Gasteiger partial charge in [0.25, 0.3) is 0 Å². The fourth-order valence-electron chi connectivity index (χ4n) is 3.38. The predicted molar refractivity (Wildman–Crippen MR) is 127 cm³/mol. The molecule has 0 aliphatic rings. The van der Waals surface area contributed by atoms with Gasteiger partial charge in [0, 0.05) is 16.3 Å². The number of carbonyl (C=O) groups excluding carboxylic acids is 1. The molecular formula is C22H26N4O2S2. The second-order valence-corrected chi connectivity index (χ2v) is 8.68. The van der Waals surface area contributed by atoms with E-state index in [4.69, 9.17) is 17.0 Å². The van der Waals surface area contributed by atoms with E-state index < -0.39 is 0 Å². The van der Waals surface area contributed by atoms with Crippen molar-refractivity contribution < 1.29 is 9.53 Å². The fourth-order valence-corrected chi connectivity index (χ4v) is 4.80. The van der Waals surface area contributed by atoms with Gasteiger partial charge in [-0.25, -0.2) is 4.79 Å². The molecule has 2 N–H and O–H groups in total. The van der Waals surface area contributed by atoms with Crippen molar-refractivity contribution >= 4 is 45.3 Å². The molecule has 0 atom stereocenters. The summed E-state index contributed by atoms with van der Waals surface area (Å²) in [6, 6.07) is 10.1. The average molecular weight is 443 g/mol. The van der Waals surface area contributed by atoms with E-state index in [1.807, 2.05) is 49.7 Å². The number of aromatic nitrogens is 2. The Morgan fingerprint density at radius 2 is 1.90 bits per heavy atom. The lowest BCUT2D eigenvalue weighted by atomic mass is 10.1. The number of thiocarbonyl (C=S) groups is 1. The predicted octanol–water partition coefficient (Wildman–Crippen LogP) is 5.08. The van der Waals surface area contributed by atoms with Crippen LogP contribution in [0.3, 0.4) is 0 Å². The van der Waals surface area contributed by atoms with E-state index in [1.54, 1.807) is 0 Å². The lowest BCUT2D eigenvalue weighted by Crippen LogP contribution is -2.20. The number of ether oxygens (including phenoxy) is 1. The minimum Gasteiger partial charge on any atom is -0.465 e. The van der Waals surface area contributed by atoms with E-state index in [0.717, 1.165) is 46.0 Å². The molecule has 3 aromatic rings. The van der Waals surface area contributed by atoms with Crippen LogP contribution in [0.25, 0.3) is 0 Å². The molecule has 30 heavy (non-hydrogen) atoms. The Hall–Kier alpha value is -2.71. The zero-order valence-electron chi connectivity index (χ0n) is 17.8. The first-order chi connectivity index (χ1) is 14.3. The number of nitrogens with one attached hydrogen (secondary N) is 2. The maximum atomic E-state index is 12.3. The van der Waals surface area contributed by atoms with Crippen molar-refractivity contribution in [3.63, 3.8) is 0 Å². The van der Waals surface area contributed by atoms with Crippen molar-refractivity contribution in [1.29, 1.82) is 0 Å². The second-order valence-electron chi connectivity index (χ2n) is 7.05. The van der Waals surface area contributed by atoms with Gasteiger partial charge in [0.1, 0.15) is 5.00 Å². The maximum Gasteiger partial charge on any atom is 0.341 e. The quantitative estimate of drug-likeness (QED) is 0.410. The molecule has 0 radical (unpaired) electrons. The van der Waals surface area contributed by atoms with Gasteiger partial charge in [0.15, 0.2) is 5.11 Å². The number of hydrogen-bond donors (Lipinski definition) is 2. The zero-order chi connectivity index (χ0) is 21.8. The third-order valence-electron chi connectivity index (χ3n) is 4.83.